The number of unbranched alkanes of at least 4 members (excludes halogenated alkanes) is 2. The Morgan fingerprint density at radius 3 is 2.00 bits per heavy atom. The minimum Gasteiger partial charge on any atom is -0.261 e. The average molecular weight is 223 g/mol. The summed E-state index contributed by atoms with van der Waals surface area (Å²) in [6, 6.07) is 4.24. The normalized spacial score (nSPS) is 8.75. The first-order chi connectivity index (χ1) is 7.24. The van der Waals surface area contributed by atoms with Crippen molar-refractivity contribution in [1.29, 1.82) is 0 Å². The first-order valence-corrected chi connectivity index (χ1v) is 6.16. The lowest BCUT2D eigenvalue weighted by Crippen LogP contribution is -1.87. The molecule has 1 nitrogen and oxygen atoms in total. The van der Waals surface area contributed by atoms with E-state index >= 15 is 0 Å². The smallest absolute Gasteiger partial charge is 0.0372 e. The molecule has 16 heavy (non-hydrogen) atoms. The van der Waals surface area contributed by atoms with Crippen molar-refractivity contribution in [3.63, 3.8) is 0 Å². The van der Waals surface area contributed by atoms with Crippen LogP contribution in [0.4, 0.5) is 0 Å². The highest BCUT2D eigenvalue weighted by Crippen LogP contribution is 2.03. The number of pyridine rings is 1. The quantitative estimate of drug-likeness (QED) is 0.685. The summed E-state index contributed by atoms with van der Waals surface area (Å²) < 4.78 is 0. The van der Waals surface area contributed by atoms with E-state index in [-0.39, 0.29) is 7.43 Å². The molecule has 0 bridgehead atoms. The largest absolute Gasteiger partial charge is 0.261 e. The molecule has 0 saturated heterocycles. The molecule has 0 fully saturated rings. The Kier molecular flexibility index (Phi) is 13.4. The van der Waals surface area contributed by atoms with Gasteiger partial charge in [0.1, 0.15) is 0 Å². The Morgan fingerprint density at radius 1 is 1.00 bits per heavy atom. The minimum atomic E-state index is 0. The fourth-order valence-corrected chi connectivity index (χ4v) is 1.03. The maximum absolute atomic E-state index is 4.23. The van der Waals surface area contributed by atoms with Crippen molar-refractivity contribution in [2.75, 3.05) is 0 Å². The molecule has 0 atom stereocenters. The molecule has 0 aliphatic heterocycles. The Hall–Kier alpha value is -0.850. The van der Waals surface area contributed by atoms with Gasteiger partial charge >= 0.3 is 0 Å². The zero-order valence-corrected chi connectivity index (χ0v) is 10.7. The monoisotopic (exact) mass is 223 g/mol. The van der Waals surface area contributed by atoms with Crippen LogP contribution >= 0.6 is 0 Å². The van der Waals surface area contributed by atoms with Gasteiger partial charge in [-0.05, 0) is 31.4 Å². The average Bonchev–Trinajstić information content (AvgIpc) is 2.29. The molecule has 1 heterocycles. The molecule has 1 aromatic rings. The number of hydrogen-bond acceptors (Lipinski definition) is 1. The van der Waals surface area contributed by atoms with Gasteiger partial charge < -0.3 is 0 Å². The van der Waals surface area contributed by atoms with Crippen LogP contribution < -0.4 is 0 Å². The summed E-state index contributed by atoms with van der Waals surface area (Å²) >= 11 is 0. The van der Waals surface area contributed by atoms with E-state index in [9.17, 15) is 0 Å². The summed E-state index contributed by atoms with van der Waals surface area (Å²) in [5, 5.41) is 0. The molecule has 1 heteroatoms. The van der Waals surface area contributed by atoms with Gasteiger partial charge in [-0.15, -0.1) is 0 Å². The molecular weight excluding hydrogens is 194 g/mol. The summed E-state index contributed by atoms with van der Waals surface area (Å²) in [5.74, 6) is 0. The predicted molar refractivity (Wildman–Crippen MR) is 74.9 cm³/mol. The van der Waals surface area contributed by atoms with E-state index in [1.807, 2.05) is 13.1 Å². The highest BCUT2D eigenvalue weighted by molar-refractivity contribution is 5.12. The van der Waals surface area contributed by atoms with E-state index in [0.717, 1.165) is 5.69 Å². The number of rotatable bonds is 4. The topological polar surface area (TPSA) is 12.9 Å². The Balaban J connectivity index is 0. The standard InChI is InChI=1S/C10H15N.C4H10.CH4/c1-3-4-5-10-7-6-9(2)11-8-10;1-3-4-2;/h6-8H,3-5H2,1-2H3;3-4H2,1-2H3;1H4. The van der Waals surface area contributed by atoms with Crippen LogP contribution in [0.3, 0.4) is 0 Å². The van der Waals surface area contributed by atoms with Gasteiger partial charge in [-0.3, -0.25) is 4.98 Å². The molecule has 0 spiro atoms. The number of nitrogens with zero attached hydrogens (tertiary/aromatic N) is 1. The van der Waals surface area contributed by atoms with E-state index in [0.29, 0.717) is 0 Å². The van der Waals surface area contributed by atoms with E-state index in [1.54, 1.807) is 0 Å². The molecule has 0 saturated carbocycles. The van der Waals surface area contributed by atoms with Crippen molar-refractivity contribution >= 4 is 0 Å². The van der Waals surface area contributed by atoms with Crippen molar-refractivity contribution < 1.29 is 0 Å². The van der Waals surface area contributed by atoms with Crippen LogP contribution in [0.2, 0.25) is 0 Å². The first-order valence-electron chi connectivity index (χ1n) is 6.16. The third-order valence-electron chi connectivity index (χ3n) is 2.29. The van der Waals surface area contributed by atoms with Gasteiger partial charge in [0.2, 0.25) is 0 Å². The Bertz CT molecular complexity index is 224. The van der Waals surface area contributed by atoms with Crippen molar-refractivity contribution in [1.82, 2.24) is 4.98 Å². The van der Waals surface area contributed by atoms with Gasteiger partial charge in [0.05, 0.1) is 0 Å². The highest BCUT2D eigenvalue weighted by Gasteiger charge is 1.91. The van der Waals surface area contributed by atoms with Crippen LogP contribution in [0.25, 0.3) is 0 Å². The lowest BCUT2D eigenvalue weighted by atomic mass is 10.1. The molecule has 0 amide bonds. The van der Waals surface area contributed by atoms with E-state index in [2.05, 4.69) is 37.9 Å². The molecule has 0 aliphatic carbocycles. The second-order valence-electron chi connectivity index (χ2n) is 3.91. The fraction of sp³-hybridized carbons (Fsp3) is 0.667. The van der Waals surface area contributed by atoms with Gasteiger partial charge in [0, 0.05) is 11.9 Å². The van der Waals surface area contributed by atoms with Gasteiger partial charge in [-0.2, -0.15) is 0 Å². The molecule has 1 aromatic heterocycles. The molecular formula is C15H29N. The van der Waals surface area contributed by atoms with E-state index < -0.39 is 0 Å². The van der Waals surface area contributed by atoms with Gasteiger partial charge in [0.25, 0.3) is 0 Å². The van der Waals surface area contributed by atoms with Crippen LogP contribution in [0, 0.1) is 6.92 Å². The van der Waals surface area contributed by atoms with Crippen molar-refractivity contribution in [3.05, 3.63) is 29.6 Å². The summed E-state index contributed by atoms with van der Waals surface area (Å²) in [7, 11) is 0. The summed E-state index contributed by atoms with van der Waals surface area (Å²) in [4.78, 5) is 4.23. The molecule has 0 aromatic carbocycles. The van der Waals surface area contributed by atoms with Crippen molar-refractivity contribution in [3.8, 4) is 0 Å². The van der Waals surface area contributed by atoms with E-state index in [1.165, 1.54) is 37.7 Å². The Morgan fingerprint density at radius 2 is 1.62 bits per heavy atom. The van der Waals surface area contributed by atoms with Gasteiger partial charge in [-0.25, -0.2) is 0 Å². The van der Waals surface area contributed by atoms with Gasteiger partial charge in [0.15, 0.2) is 0 Å². The third kappa shape index (κ3) is 9.70. The van der Waals surface area contributed by atoms with Crippen LogP contribution in [-0.2, 0) is 6.42 Å². The lowest BCUT2D eigenvalue weighted by Gasteiger charge is -1.98. The molecule has 1 rings (SSSR count). The number of aryl methyl sites for hydroxylation is 2. The fourth-order valence-electron chi connectivity index (χ4n) is 1.03. The van der Waals surface area contributed by atoms with Crippen LogP contribution in [0.5, 0.6) is 0 Å². The molecule has 94 valence electrons. The second kappa shape index (κ2) is 12.2. The zero-order valence-electron chi connectivity index (χ0n) is 10.7. The SMILES string of the molecule is C.CCCC.CCCCc1ccc(C)nc1. The first kappa shape index (κ1) is 17.5. The van der Waals surface area contributed by atoms with Crippen LogP contribution in [0.15, 0.2) is 18.3 Å². The molecule has 0 N–H and O–H groups in total. The summed E-state index contributed by atoms with van der Waals surface area (Å²) in [6.45, 7) is 8.59. The molecule has 0 aliphatic rings. The summed E-state index contributed by atoms with van der Waals surface area (Å²) in [6.07, 6.45) is 8.31. The number of hydrogen-bond donors (Lipinski definition) is 0. The van der Waals surface area contributed by atoms with E-state index in [4.69, 9.17) is 0 Å². The maximum atomic E-state index is 4.23. The van der Waals surface area contributed by atoms with Crippen LogP contribution in [0.1, 0.15) is 65.1 Å². The predicted octanol–water partition coefficient (Wildman–Crippen LogP) is 5.18. The van der Waals surface area contributed by atoms with Crippen LogP contribution in [-0.4, -0.2) is 4.98 Å². The maximum Gasteiger partial charge on any atom is 0.0372 e. The van der Waals surface area contributed by atoms with Gasteiger partial charge in [-0.1, -0.05) is 53.5 Å². The zero-order chi connectivity index (χ0) is 11.5. The molecule has 0 unspecified atom stereocenters. The van der Waals surface area contributed by atoms with Crippen molar-refractivity contribution in [2.45, 2.75) is 67.2 Å². The second-order valence-corrected chi connectivity index (χ2v) is 3.91. The molecule has 0 radical (unpaired) electrons. The highest BCUT2D eigenvalue weighted by atomic mass is 14.6. The van der Waals surface area contributed by atoms with Crippen molar-refractivity contribution in [2.24, 2.45) is 0 Å². The Labute approximate surface area is 102 Å². The summed E-state index contributed by atoms with van der Waals surface area (Å²) in [5.41, 5.74) is 2.46. The minimum absolute atomic E-state index is 0. The number of aromatic nitrogens is 1. The third-order valence-corrected chi connectivity index (χ3v) is 2.29. The lowest BCUT2D eigenvalue weighted by molar-refractivity contribution is 0.791.